The monoisotopic (exact) mass is 480 g/mol. The standard InChI is InChI=1S/C18H28N2S4Se/c1-13-5-21-7-14(2,8-22-6-13)17(13)19-20-18(25-17)15(3)9-23-11-16(18,4)12-24-10-15/h5-12H2,1-4H3. The molecule has 5 aliphatic rings. The van der Waals surface area contributed by atoms with Crippen LogP contribution in [0.3, 0.4) is 0 Å². The third-order valence-corrected chi connectivity index (χ3v) is 19.7. The van der Waals surface area contributed by atoms with Crippen LogP contribution in [-0.2, 0) is 0 Å². The molecule has 0 N–H and O–H groups in total. The van der Waals surface area contributed by atoms with Crippen LogP contribution in [0.4, 0.5) is 0 Å². The number of hydrogen-bond acceptors (Lipinski definition) is 6. The molecule has 0 aromatic heterocycles. The van der Waals surface area contributed by atoms with Crippen LogP contribution >= 0.6 is 47.0 Å². The zero-order chi connectivity index (χ0) is 17.6. The van der Waals surface area contributed by atoms with Gasteiger partial charge in [0.15, 0.2) is 0 Å². The second kappa shape index (κ2) is 5.56. The topological polar surface area (TPSA) is 24.7 Å². The van der Waals surface area contributed by atoms with Crippen molar-refractivity contribution in [3.63, 3.8) is 0 Å². The van der Waals surface area contributed by atoms with Crippen molar-refractivity contribution < 1.29 is 0 Å². The Morgan fingerprint density at radius 1 is 0.520 bits per heavy atom. The van der Waals surface area contributed by atoms with Crippen LogP contribution < -0.4 is 0 Å². The summed E-state index contributed by atoms with van der Waals surface area (Å²) in [4.78, 5) is 0. The molecule has 25 heavy (non-hydrogen) atoms. The van der Waals surface area contributed by atoms with Gasteiger partial charge in [0.1, 0.15) is 0 Å². The van der Waals surface area contributed by atoms with E-state index >= 15 is 0 Å². The molecule has 0 radical (unpaired) electrons. The predicted molar refractivity (Wildman–Crippen MR) is 118 cm³/mol. The number of azo groups is 1. The average molecular weight is 480 g/mol. The van der Waals surface area contributed by atoms with Gasteiger partial charge >= 0.3 is 176 Å². The summed E-state index contributed by atoms with van der Waals surface area (Å²) in [6, 6.07) is 0. The van der Waals surface area contributed by atoms with Crippen LogP contribution in [0.5, 0.6) is 0 Å². The van der Waals surface area contributed by atoms with E-state index in [1.807, 2.05) is 0 Å². The van der Waals surface area contributed by atoms with Crippen LogP contribution in [-0.4, -0.2) is 69.9 Å². The van der Waals surface area contributed by atoms with Gasteiger partial charge in [0.2, 0.25) is 0 Å². The summed E-state index contributed by atoms with van der Waals surface area (Å²) in [5.74, 6) is 10.2. The third-order valence-electron chi connectivity index (χ3n) is 7.26. The van der Waals surface area contributed by atoms with Crippen LogP contribution in [0.2, 0.25) is 0 Å². The Balaban J connectivity index is 1.66. The van der Waals surface area contributed by atoms with Gasteiger partial charge in [-0.1, -0.05) is 0 Å². The Morgan fingerprint density at radius 2 is 0.760 bits per heavy atom. The summed E-state index contributed by atoms with van der Waals surface area (Å²) in [6.45, 7) is 10.2. The Hall–Kier alpha value is 1.52. The summed E-state index contributed by atoms with van der Waals surface area (Å²) >= 11 is 9.20. The van der Waals surface area contributed by atoms with E-state index in [2.05, 4.69) is 74.7 Å². The normalized spacial score (nSPS) is 60.3. The maximum absolute atomic E-state index is 5.41. The fourth-order valence-corrected chi connectivity index (χ4v) is 19.0. The molecule has 0 unspecified atom stereocenters. The molecule has 2 spiro atoms. The second-order valence-corrected chi connectivity index (χ2v) is 16.7. The SMILES string of the molecule is CC12CSCC(C)(CSC1)C21N=NC2([Se]1)C1(C)CSCC2(C)CSC1. The van der Waals surface area contributed by atoms with Crippen LogP contribution in [0.15, 0.2) is 10.2 Å². The number of thioether (sulfide) groups is 4. The Bertz CT molecular complexity index is 529. The molecule has 4 bridgehead atoms. The Kier molecular flexibility index (Phi) is 4.13. The van der Waals surface area contributed by atoms with Crippen LogP contribution in [0.25, 0.3) is 0 Å². The maximum atomic E-state index is 5.41. The molecule has 0 aromatic carbocycles. The van der Waals surface area contributed by atoms with Crippen molar-refractivity contribution in [2.75, 3.05) is 46.0 Å². The van der Waals surface area contributed by atoms with Gasteiger partial charge in [0.25, 0.3) is 0 Å². The van der Waals surface area contributed by atoms with Crippen molar-refractivity contribution in [1.29, 1.82) is 0 Å². The second-order valence-electron chi connectivity index (χ2n) is 9.80. The molecule has 5 rings (SSSR count). The fourth-order valence-electron chi connectivity index (χ4n) is 5.78. The van der Waals surface area contributed by atoms with Crippen molar-refractivity contribution in [2.24, 2.45) is 31.9 Å². The molecular formula is C18H28N2S4Se. The summed E-state index contributed by atoms with van der Waals surface area (Å²) in [5, 5.41) is 10.8. The van der Waals surface area contributed by atoms with Crippen LogP contribution in [0, 0.1) is 21.7 Å². The number of nitrogens with zero attached hydrogens (tertiary/aromatic N) is 2. The number of hydrogen-bond donors (Lipinski definition) is 0. The molecule has 0 saturated carbocycles. The van der Waals surface area contributed by atoms with Gasteiger partial charge in [-0.05, 0) is 0 Å². The summed E-state index contributed by atoms with van der Waals surface area (Å²) in [5.41, 5.74) is 1.33. The van der Waals surface area contributed by atoms with Gasteiger partial charge in [-0.15, -0.1) is 0 Å². The van der Waals surface area contributed by atoms with E-state index in [0.717, 1.165) is 0 Å². The molecule has 2 nitrogen and oxygen atoms in total. The quantitative estimate of drug-likeness (QED) is 0.476. The molecular weight excluding hydrogens is 451 g/mol. The molecule has 7 heteroatoms. The zero-order valence-corrected chi connectivity index (χ0v) is 20.6. The molecule has 4 saturated heterocycles. The van der Waals surface area contributed by atoms with E-state index in [4.69, 9.17) is 10.2 Å². The minimum absolute atomic E-state index is 0.135. The van der Waals surface area contributed by atoms with E-state index in [0.29, 0.717) is 36.6 Å². The average Bonchev–Trinajstić information content (AvgIpc) is 2.93. The van der Waals surface area contributed by atoms with E-state index < -0.39 is 0 Å². The van der Waals surface area contributed by atoms with Crippen molar-refractivity contribution in [3.8, 4) is 0 Å². The van der Waals surface area contributed by atoms with Gasteiger partial charge in [-0.25, -0.2) is 0 Å². The first-order chi connectivity index (χ1) is 11.7. The van der Waals surface area contributed by atoms with Gasteiger partial charge in [-0.2, -0.15) is 0 Å². The van der Waals surface area contributed by atoms with Crippen molar-refractivity contribution in [2.45, 2.75) is 36.6 Å². The van der Waals surface area contributed by atoms with Crippen LogP contribution in [0.1, 0.15) is 27.7 Å². The van der Waals surface area contributed by atoms with Crippen molar-refractivity contribution in [1.82, 2.24) is 0 Å². The Morgan fingerprint density at radius 3 is 1.00 bits per heavy atom. The van der Waals surface area contributed by atoms with E-state index in [1.54, 1.807) is 0 Å². The van der Waals surface area contributed by atoms with E-state index in [1.165, 1.54) is 46.0 Å². The molecule has 4 fully saturated rings. The van der Waals surface area contributed by atoms with Crippen molar-refractivity contribution in [3.05, 3.63) is 0 Å². The van der Waals surface area contributed by atoms with E-state index in [-0.39, 0.29) is 8.87 Å². The van der Waals surface area contributed by atoms with Gasteiger partial charge in [-0.3, -0.25) is 0 Å². The molecule has 5 aliphatic heterocycles. The van der Waals surface area contributed by atoms with Crippen molar-refractivity contribution >= 4 is 62.0 Å². The van der Waals surface area contributed by atoms with Gasteiger partial charge in [0.05, 0.1) is 0 Å². The molecule has 140 valence electrons. The van der Waals surface area contributed by atoms with Gasteiger partial charge < -0.3 is 0 Å². The first-order valence-corrected chi connectivity index (χ1v) is 15.5. The first kappa shape index (κ1) is 18.5. The van der Waals surface area contributed by atoms with Gasteiger partial charge in [0, 0.05) is 0 Å². The molecule has 5 heterocycles. The first-order valence-electron chi connectivity index (χ1n) is 9.19. The summed E-state index contributed by atoms with van der Waals surface area (Å²) in [6.07, 6.45) is 0. The van der Waals surface area contributed by atoms with E-state index in [9.17, 15) is 0 Å². The summed E-state index contributed by atoms with van der Waals surface area (Å²) < 4.78 is 0.270. The molecule has 0 amide bonds. The Labute approximate surface area is 175 Å². The molecule has 0 aliphatic carbocycles. The summed E-state index contributed by atoms with van der Waals surface area (Å²) in [7, 11) is 0. The molecule has 0 atom stereocenters. The predicted octanol–water partition coefficient (Wildman–Crippen LogP) is 4.56. The minimum atomic E-state index is 0.135. The third kappa shape index (κ3) is 2.07. The zero-order valence-electron chi connectivity index (χ0n) is 15.6. The fraction of sp³-hybridized carbons (Fsp3) is 1.00. The molecule has 0 aromatic rings. The number of rotatable bonds is 0.